The fraction of sp³-hybridized carbons (Fsp3) is 0.739. The predicted molar refractivity (Wildman–Crippen MR) is 109 cm³/mol. The summed E-state index contributed by atoms with van der Waals surface area (Å²) in [4.78, 5) is 16.8. The lowest BCUT2D eigenvalue weighted by Gasteiger charge is -2.36. The third-order valence-electron chi connectivity index (χ3n) is 6.43. The maximum Gasteiger partial charge on any atom is 0.348 e. The Morgan fingerprint density at radius 3 is 2.50 bits per heavy atom. The molecule has 2 atom stereocenters. The first kappa shape index (κ1) is 21.5. The molecule has 2 unspecified atom stereocenters. The van der Waals surface area contributed by atoms with Gasteiger partial charge in [-0.2, -0.15) is 0 Å². The predicted octanol–water partition coefficient (Wildman–Crippen LogP) is 4.53. The minimum absolute atomic E-state index is 0.101. The number of rotatable bonds is 7. The Labute approximate surface area is 178 Å². The van der Waals surface area contributed by atoms with Crippen LogP contribution in [-0.4, -0.2) is 41.2 Å². The van der Waals surface area contributed by atoms with E-state index in [1.807, 2.05) is 6.07 Å². The van der Waals surface area contributed by atoms with Crippen molar-refractivity contribution in [2.45, 2.75) is 95.2 Å². The minimum Gasteiger partial charge on any atom is -0.478 e. The maximum absolute atomic E-state index is 12.3. The zero-order valence-corrected chi connectivity index (χ0v) is 17.6. The Hall–Kier alpha value is -1.70. The first-order valence-electron chi connectivity index (χ1n) is 11.4. The van der Waals surface area contributed by atoms with Crippen molar-refractivity contribution in [3.8, 4) is 5.75 Å². The molecule has 0 bridgehead atoms. The fourth-order valence-corrected chi connectivity index (χ4v) is 4.66. The molecule has 0 amide bonds. The summed E-state index contributed by atoms with van der Waals surface area (Å²) in [6.45, 7) is 1.65. The molecule has 3 fully saturated rings. The van der Waals surface area contributed by atoms with Crippen LogP contribution in [-0.2, 0) is 25.6 Å². The van der Waals surface area contributed by atoms with Crippen molar-refractivity contribution in [3.63, 3.8) is 0 Å². The fourth-order valence-electron chi connectivity index (χ4n) is 4.66. The molecule has 0 aromatic carbocycles. The van der Waals surface area contributed by atoms with E-state index in [1.165, 1.54) is 0 Å². The summed E-state index contributed by atoms with van der Waals surface area (Å²) < 4.78 is 24.1. The first-order chi connectivity index (χ1) is 14.7. The number of carbonyl (C=O) groups is 1. The summed E-state index contributed by atoms with van der Waals surface area (Å²) in [5.74, 6) is -0.367. The van der Waals surface area contributed by atoms with E-state index in [9.17, 15) is 9.90 Å². The number of carboxylic acids is 1. The van der Waals surface area contributed by atoms with Gasteiger partial charge in [-0.3, -0.25) is 4.98 Å². The van der Waals surface area contributed by atoms with E-state index < -0.39 is 11.6 Å². The molecule has 1 N–H and O–H groups in total. The van der Waals surface area contributed by atoms with Crippen LogP contribution in [0.3, 0.4) is 0 Å². The highest BCUT2D eigenvalue weighted by Gasteiger charge is 2.43. The van der Waals surface area contributed by atoms with E-state index in [2.05, 4.69) is 4.98 Å². The van der Waals surface area contributed by atoms with Gasteiger partial charge in [0, 0.05) is 25.0 Å². The van der Waals surface area contributed by atoms with Crippen molar-refractivity contribution < 1.29 is 28.8 Å². The quantitative estimate of drug-likeness (QED) is 0.694. The van der Waals surface area contributed by atoms with Gasteiger partial charge in [-0.05, 0) is 70.3 Å². The zero-order chi connectivity index (χ0) is 20.8. The smallest absolute Gasteiger partial charge is 0.348 e. The van der Waals surface area contributed by atoms with Crippen molar-refractivity contribution in [1.29, 1.82) is 0 Å². The lowest BCUT2D eigenvalue weighted by atomic mass is 9.84. The molecule has 0 radical (unpaired) electrons. The molecule has 3 heterocycles. The van der Waals surface area contributed by atoms with E-state index in [-0.39, 0.29) is 19.0 Å². The SMILES string of the molecule is O=C(O)C1(Oc2c(C3CCCCO3)ccnc2COC2CCCCO2)CCCCC1. The molecule has 1 aromatic heterocycles. The molecule has 3 aliphatic rings. The van der Waals surface area contributed by atoms with Gasteiger partial charge in [0.1, 0.15) is 5.69 Å². The number of hydrogen-bond acceptors (Lipinski definition) is 6. The van der Waals surface area contributed by atoms with Gasteiger partial charge >= 0.3 is 5.97 Å². The highest BCUT2D eigenvalue weighted by atomic mass is 16.7. The Bertz CT molecular complexity index is 706. The summed E-state index contributed by atoms with van der Waals surface area (Å²) in [6.07, 6.45) is 11.2. The number of carboxylic acid groups (broad SMARTS) is 1. The van der Waals surface area contributed by atoms with Crippen LogP contribution < -0.4 is 4.74 Å². The number of nitrogens with zero attached hydrogens (tertiary/aromatic N) is 1. The molecule has 30 heavy (non-hydrogen) atoms. The van der Waals surface area contributed by atoms with Crippen LogP contribution in [0.2, 0.25) is 0 Å². The molecule has 2 saturated heterocycles. The molecular formula is C23H33NO6. The average molecular weight is 420 g/mol. The van der Waals surface area contributed by atoms with Gasteiger partial charge < -0.3 is 24.1 Å². The summed E-state index contributed by atoms with van der Waals surface area (Å²) in [6, 6.07) is 1.91. The van der Waals surface area contributed by atoms with Gasteiger partial charge in [-0.25, -0.2) is 4.79 Å². The maximum atomic E-state index is 12.3. The van der Waals surface area contributed by atoms with Crippen LogP contribution in [0.25, 0.3) is 0 Å². The van der Waals surface area contributed by atoms with E-state index in [0.717, 1.165) is 63.4 Å². The van der Waals surface area contributed by atoms with Crippen LogP contribution in [0, 0.1) is 0 Å². The van der Waals surface area contributed by atoms with Crippen molar-refractivity contribution in [3.05, 3.63) is 23.5 Å². The second-order valence-electron chi connectivity index (χ2n) is 8.60. The lowest BCUT2D eigenvalue weighted by Crippen LogP contribution is -2.46. The summed E-state index contributed by atoms with van der Waals surface area (Å²) in [5, 5.41) is 10.0. The molecule has 7 heteroatoms. The molecule has 2 aliphatic heterocycles. The topological polar surface area (TPSA) is 87.1 Å². The summed E-state index contributed by atoms with van der Waals surface area (Å²) in [5.41, 5.74) is 0.307. The normalized spacial score (nSPS) is 26.8. The molecule has 4 rings (SSSR count). The number of hydrogen-bond donors (Lipinski definition) is 1. The molecule has 1 aliphatic carbocycles. The number of pyridine rings is 1. The molecule has 1 aromatic rings. The Balaban J connectivity index is 1.62. The third kappa shape index (κ3) is 4.95. The van der Waals surface area contributed by atoms with Gasteiger partial charge in [0.05, 0.1) is 12.7 Å². The molecule has 166 valence electrons. The summed E-state index contributed by atoms with van der Waals surface area (Å²) in [7, 11) is 0. The van der Waals surface area contributed by atoms with Crippen molar-refractivity contribution in [2.24, 2.45) is 0 Å². The molecule has 7 nitrogen and oxygen atoms in total. The van der Waals surface area contributed by atoms with Crippen molar-refractivity contribution in [2.75, 3.05) is 13.2 Å². The number of aromatic nitrogens is 1. The van der Waals surface area contributed by atoms with Gasteiger partial charge in [-0.15, -0.1) is 0 Å². The van der Waals surface area contributed by atoms with Gasteiger partial charge in [0.2, 0.25) is 5.60 Å². The highest BCUT2D eigenvalue weighted by Crippen LogP contribution is 2.41. The van der Waals surface area contributed by atoms with Gasteiger partial charge in [0.25, 0.3) is 0 Å². The van der Waals surface area contributed by atoms with Crippen LogP contribution in [0.5, 0.6) is 5.75 Å². The monoisotopic (exact) mass is 419 g/mol. The van der Waals surface area contributed by atoms with Crippen LogP contribution in [0.1, 0.15) is 88.0 Å². The van der Waals surface area contributed by atoms with E-state index in [4.69, 9.17) is 18.9 Å². The standard InChI is InChI=1S/C23H33NO6/c25-22(26)23(11-4-1-5-12-23)30-21-17(19-8-2-6-14-27-19)10-13-24-18(21)16-29-20-9-3-7-15-28-20/h10,13,19-20H,1-9,11-12,14-16H2,(H,25,26). The second kappa shape index (κ2) is 10.1. The van der Waals surface area contributed by atoms with Crippen LogP contribution in [0.15, 0.2) is 12.3 Å². The molecule has 1 saturated carbocycles. The second-order valence-corrected chi connectivity index (χ2v) is 8.60. The van der Waals surface area contributed by atoms with E-state index in [0.29, 0.717) is 37.5 Å². The highest BCUT2D eigenvalue weighted by molar-refractivity contribution is 5.78. The van der Waals surface area contributed by atoms with Crippen molar-refractivity contribution >= 4 is 5.97 Å². The molecule has 0 spiro atoms. The Morgan fingerprint density at radius 2 is 1.83 bits per heavy atom. The number of ether oxygens (including phenoxy) is 4. The average Bonchev–Trinajstić information content (AvgIpc) is 2.80. The van der Waals surface area contributed by atoms with Crippen molar-refractivity contribution in [1.82, 2.24) is 4.98 Å². The van der Waals surface area contributed by atoms with Gasteiger partial charge in [-0.1, -0.05) is 6.42 Å². The number of aliphatic carboxylic acids is 1. The third-order valence-corrected chi connectivity index (χ3v) is 6.43. The van der Waals surface area contributed by atoms with Gasteiger partial charge in [0.15, 0.2) is 12.0 Å². The summed E-state index contributed by atoms with van der Waals surface area (Å²) >= 11 is 0. The lowest BCUT2D eigenvalue weighted by molar-refractivity contribution is -0.170. The Morgan fingerprint density at radius 1 is 1.07 bits per heavy atom. The van der Waals surface area contributed by atoms with E-state index >= 15 is 0 Å². The largest absolute Gasteiger partial charge is 0.478 e. The van der Waals surface area contributed by atoms with Crippen LogP contribution >= 0.6 is 0 Å². The minimum atomic E-state index is -1.21. The first-order valence-corrected chi connectivity index (χ1v) is 11.4. The zero-order valence-electron chi connectivity index (χ0n) is 17.6. The molecular weight excluding hydrogens is 386 g/mol. The Kier molecular flexibility index (Phi) is 7.23. The van der Waals surface area contributed by atoms with Crippen LogP contribution in [0.4, 0.5) is 0 Å². The van der Waals surface area contributed by atoms with E-state index in [1.54, 1.807) is 6.20 Å².